The molecule has 0 aromatic heterocycles. The predicted molar refractivity (Wildman–Crippen MR) is 234 cm³/mol. The van der Waals surface area contributed by atoms with Gasteiger partial charge in [0.15, 0.2) is 0 Å². The molecule has 2 atom stereocenters. The highest BCUT2D eigenvalue weighted by atomic mass is 16.6. The number of unbranched alkanes of at least 4 members (excludes halogenated alkanes) is 18. The number of hydrogen-bond acceptors (Lipinski definition) is 6. The molecule has 0 fully saturated rings. The van der Waals surface area contributed by atoms with Gasteiger partial charge >= 0.3 is 11.9 Å². The first-order chi connectivity index (χ1) is 26.3. The van der Waals surface area contributed by atoms with Gasteiger partial charge < -0.3 is 19.3 Å². The SMILES string of the molecule is CCCCCC=CCC=CCCCCCCCCC(OC(=O)CCN(C)C)C(CCCCCCCCC=CCC=CCCCCC)OC(=O)CCN(C)C. The zero-order valence-electron chi connectivity index (χ0n) is 36.5. The standard InChI is InChI=1S/C48H88N2O4/c1-7-9-11-13-15-17-19-21-23-25-27-29-31-33-35-37-39-45(53-47(51)41-43-49(3)4)46(54-48(52)42-44-50(5)6)40-38-36-34-32-30-28-26-24-22-20-18-16-14-12-10-8-2/h15-18,21-24,45-46H,7-14,19-20,25-44H2,1-6H3. The van der Waals surface area contributed by atoms with Crippen LogP contribution in [0.4, 0.5) is 0 Å². The van der Waals surface area contributed by atoms with Gasteiger partial charge in [0.2, 0.25) is 0 Å². The molecule has 0 spiro atoms. The van der Waals surface area contributed by atoms with Crippen LogP contribution in [0.15, 0.2) is 48.6 Å². The number of esters is 2. The third-order valence-electron chi connectivity index (χ3n) is 9.89. The molecule has 0 saturated heterocycles. The highest BCUT2D eigenvalue weighted by Crippen LogP contribution is 2.22. The highest BCUT2D eigenvalue weighted by molar-refractivity contribution is 5.71. The first-order valence-electron chi connectivity index (χ1n) is 22.6. The lowest BCUT2D eigenvalue weighted by Gasteiger charge is -2.28. The molecule has 2 unspecified atom stereocenters. The maximum absolute atomic E-state index is 12.9. The van der Waals surface area contributed by atoms with Crippen molar-refractivity contribution in [2.75, 3.05) is 41.3 Å². The van der Waals surface area contributed by atoms with E-state index >= 15 is 0 Å². The average Bonchev–Trinajstić information content (AvgIpc) is 3.15. The van der Waals surface area contributed by atoms with Gasteiger partial charge in [0.25, 0.3) is 0 Å². The Morgan fingerprint density at radius 1 is 0.426 bits per heavy atom. The Hall–Kier alpha value is -2.18. The normalized spacial score (nSPS) is 13.4. The van der Waals surface area contributed by atoms with Crippen LogP contribution in [0.25, 0.3) is 0 Å². The summed E-state index contributed by atoms with van der Waals surface area (Å²) in [5, 5.41) is 0. The van der Waals surface area contributed by atoms with Crippen LogP contribution < -0.4 is 0 Å². The molecule has 0 bridgehead atoms. The molecule has 0 aromatic rings. The van der Waals surface area contributed by atoms with E-state index in [0.717, 1.165) is 64.2 Å². The fourth-order valence-electron chi connectivity index (χ4n) is 6.39. The third-order valence-corrected chi connectivity index (χ3v) is 9.89. The minimum absolute atomic E-state index is 0.194. The Morgan fingerprint density at radius 3 is 1.04 bits per heavy atom. The van der Waals surface area contributed by atoms with Crippen LogP contribution in [0, 0.1) is 0 Å². The zero-order valence-corrected chi connectivity index (χ0v) is 36.5. The number of allylic oxidation sites excluding steroid dienone is 8. The van der Waals surface area contributed by atoms with E-state index in [2.05, 4.69) is 62.5 Å². The lowest BCUT2D eigenvalue weighted by molar-refractivity contribution is -0.169. The van der Waals surface area contributed by atoms with E-state index < -0.39 is 0 Å². The molecule has 0 amide bonds. The summed E-state index contributed by atoms with van der Waals surface area (Å²) in [5.41, 5.74) is 0. The molecule has 0 N–H and O–H groups in total. The second-order valence-corrected chi connectivity index (χ2v) is 15.9. The summed E-state index contributed by atoms with van der Waals surface area (Å²) < 4.78 is 12.2. The van der Waals surface area contributed by atoms with Crippen molar-refractivity contribution in [3.05, 3.63) is 48.6 Å². The van der Waals surface area contributed by atoms with E-state index in [1.54, 1.807) is 0 Å². The Labute approximate surface area is 335 Å². The number of carbonyl (C=O) groups excluding carboxylic acids is 2. The van der Waals surface area contributed by atoms with Gasteiger partial charge in [-0.25, -0.2) is 0 Å². The fraction of sp³-hybridized carbons (Fsp3) is 0.792. The van der Waals surface area contributed by atoms with Crippen molar-refractivity contribution in [3.8, 4) is 0 Å². The van der Waals surface area contributed by atoms with E-state index in [4.69, 9.17) is 9.47 Å². The average molecular weight is 757 g/mol. The number of hydrogen-bond donors (Lipinski definition) is 0. The Bertz CT molecular complexity index is 878. The van der Waals surface area contributed by atoms with Gasteiger partial charge in [0, 0.05) is 13.1 Å². The first kappa shape index (κ1) is 51.8. The minimum Gasteiger partial charge on any atom is -0.458 e. The summed E-state index contributed by atoms with van der Waals surface area (Å²) >= 11 is 0. The van der Waals surface area contributed by atoms with Crippen LogP contribution in [0.1, 0.15) is 194 Å². The van der Waals surface area contributed by atoms with Crippen LogP contribution >= 0.6 is 0 Å². The van der Waals surface area contributed by atoms with Crippen LogP contribution in [0.2, 0.25) is 0 Å². The van der Waals surface area contributed by atoms with Crippen LogP contribution in [0.3, 0.4) is 0 Å². The van der Waals surface area contributed by atoms with E-state index in [0.29, 0.717) is 25.9 Å². The number of rotatable bonds is 39. The Balaban J connectivity index is 4.79. The molecule has 54 heavy (non-hydrogen) atoms. The van der Waals surface area contributed by atoms with Crippen molar-refractivity contribution < 1.29 is 19.1 Å². The molecular weight excluding hydrogens is 669 g/mol. The van der Waals surface area contributed by atoms with Crippen molar-refractivity contribution in [1.29, 1.82) is 0 Å². The quantitative estimate of drug-likeness (QED) is 0.0354. The number of ether oxygens (including phenoxy) is 2. The fourth-order valence-corrected chi connectivity index (χ4v) is 6.39. The molecule has 0 heterocycles. The van der Waals surface area contributed by atoms with Crippen molar-refractivity contribution in [2.24, 2.45) is 0 Å². The largest absolute Gasteiger partial charge is 0.458 e. The van der Waals surface area contributed by atoms with Gasteiger partial charge in [-0.3, -0.25) is 9.59 Å². The molecular formula is C48H88N2O4. The molecule has 0 rings (SSSR count). The summed E-state index contributed by atoms with van der Waals surface area (Å²) in [6.07, 6.45) is 48.6. The molecule has 0 saturated carbocycles. The minimum atomic E-state index is -0.383. The van der Waals surface area contributed by atoms with Crippen molar-refractivity contribution in [3.63, 3.8) is 0 Å². The molecule has 6 heteroatoms. The molecule has 0 aliphatic heterocycles. The summed E-state index contributed by atoms with van der Waals surface area (Å²) in [7, 11) is 7.87. The van der Waals surface area contributed by atoms with Gasteiger partial charge in [-0.2, -0.15) is 0 Å². The highest BCUT2D eigenvalue weighted by Gasteiger charge is 2.28. The van der Waals surface area contributed by atoms with Crippen molar-refractivity contribution >= 4 is 11.9 Å². The second kappa shape index (κ2) is 40.5. The molecule has 6 nitrogen and oxygen atoms in total. The third kappa shape index (κ3) is 38.1. The van der Waals surface area contributed by atoms with Crippen molar-refractivity contribution in [1.82, 2.24) is 9.80 Å². The van der Waals surface area contributed by atoms with E-state index in [9.17, 15) is 9.59 Å². The molecule has 0 aromatic carbocycles. The number of nitrogens with zero attached hydrogens (tertiary/aromatic N) is 2. The first-order valence-corrected chi connectivity index (χ1v) is 22.6. The predicted octanol–water partition coefficient (Wildman–Crippen LogP) is 13.1. The smallest absolute Gasteiger partial charge is 0.307 e. The lowest BCUT2D eigenvalue weighted by atomic mass is 9.98. The topological polar surface area (TPSA) is 59.1 Å². The zero-order chi connectivity index (χ0) is 39.7. The van der Waals surface area contributed by atoms with Gasteiger partial charge in [-0.1, -0.05) is 140 Å². The van der Waals surface area contributed by atoms with Crippen molar-refractivity contribution in [2.45, 2.75) is 206 Å². The van der Waals surface area contributed by atoms with Gasteiger partial charge in [0.1, 0.15) is 12.2 Å². The van der Waals surface area contributed by atoms with E-state index in [1.807, 2.05) is 38.0 Å². The summed E-state index contributed by atoms with van der Waals surface area (Å²) in [5.74, 6) is -0.389. The summed E-state index contributed by atoms with van der Waals surface area (Å²) in [4.78, 5) is 29.9. The van der Waals surface area contributed by atoms with Crippen LogP contribution in [-0.4, -0.2) is 75.2 Å². The molecule has 0 aliphatic rings. The number of carbonyl (C=O) groups is 2. The van der Waals surface area contributed by atoms with E-state index in [1.165, 1.54) is 103 Å². The molecule has 0 radical (unpaired) electrons. The summed E-state index contributed by atoms with van der Waals surface area (Å²) in [6, 6.07) is 0. The van der Waals surface area contributed by atoms with Gasteiger partial charge in [0.05, 0.1) is 12.8 Å². The Kier molecular flexibility index (Phi) is 38.8. The maximum atomic E-state index is 12.9. The monoisotopic (exact) mass is 757 g/mol. The Morgan fingerprint density at radius 2 is 0.722 bits per heavy atom. The maximum Gasteiger partial charge on any atom is 0.307 e. The van der Waals surface area contributed by atoms with Gasteiger partial charge in [-0.15, -0.1) is 0 Å². The van der Waals surface area contributed by atoms with Crippen LogP contribution in [-0.2, 0) is 19.1 Å². The van der Waals surface area contributed by atoms with Gasteiger partial charge in [-0.05, 0) is 118 Å². The molecule has 314 valence electrons. The van der Waals surface area contributed by atoms with E-state index in [-0.39, 0.29) is 24.1 Å². The summed E-state index contributed by atoms with van der Waals surface area (Å²) in [6.45, 7) is 5.80. The van der Waals surface area contributed by atoms with Crippen LogP contribution in [0.5, 0.6) is 0 Å². The molecule has 0 aliphatic carbocycles. The second-order valence-electron chi connectivity index (χ2n) is 15.9. The lowest BCUT2D eigenvalue weighted by Crippen LogP contribution is -2.36.